The summed E-state index contributed by atoms with van der Waals surface area (Å²) in [6, 6.07) is 45.1. The molecule has 0 N–H and O–H groups in total. The molecule has 0 unspecified atom stereocenters. The van der Waals surface area contributed by atoms with Gasteiger partial charge in [0, 0.05) is 5.41 Å². The molecule has 0 heteroatoms. The third-order valence-electron chi connectivity index (χ3n) is 8.58. The topological polar surface area (TPSA) is 0 Å². The molecule has 0 aromatic heterocycles. The summed E-state index contributed by atoms with van der Waals surface area (Å²) >= 11 is 0. The first-order valence-electron chi connectivity index (χ1n) is 13.1. The molecule has 7 aromatic carbocycles. The van der Waals surface area contributed by atoms with Crippen molar-refractivity contribution in [3.05, 3.63) is 132 Å². The summed E-state index contributed by atoms with van der Waals surface area (Å²) < 4.78 is 0. The molecule has 0 bridgehead atoms. The molecule has 7 aromatic rings. The van der Waals surface area contributed by atoms with E-state index < -0.39 is 0 Å². The molecule has 1 aliphatic carbocycles. The van der Waals surface area contributed by atoms with E-state index in [0.717, 1.165) is 0 Å². The highest BCUT2D eigenvalue weighted by Crippen LogP contribution is 2.51. The van der Waals surface area contributed by atoms with Crippen LogP contribution >= 0.6 is 0 Å². The second kappa shape index (κ2) is 7.31. The molecule has 0 spiro atoms. The summed E-state index contributed by atoms with van der Waals surface area (Å²) in [4.78, 5) is 0. The van der Waals surface area contributed by atoms with Gasteiger partial charge in [0.15, 0.2) is 0 Å². The molecule has 0 radical (unpaired) electrons. The Labute approximate surface area is 216 Å². The molecule has 0 amide bonds. The van der Waals surface area contributed by atoms with E-state index in [2.05, 4.69) is 135 Å². The largest absolute Gasteiger partial charge is 0.0616 e. The Morgan fingerprint density at radius 2 is 0.838 bits per heavy atom. The highest BCUT2D eigenvalue weighted by Gasteiger charge is 2.35. The fourth-order valence-electron chi connectivity index (χ4n) is 6.73. The molecule has 37 heavy (non-hydrogen) atoms. The summed E-state index contributed by atoms with van der Waals surface area (Å²) in [6.45, 7) is 4.80. The van der Waals surface area contributed by atoms with Crippen molar-refractivity contribution in [1.29, 1.82) is 0 Å². The van der Waals surface area contributed by atoms with Crippen molar-refractivity contribution in [2.24, 2.45) is 0 Å². The molecule has 0 nitrogen and oxygen atoms in total. The lowest BCUT2D eigenvalue weighted by Crippen LogP contribution is -2.15. The van der Waals surface area contributed by atoms with Crippen LogP contribution in [-0.4, -0.2) is 0 Å². The molecule has 0 saturated carbocycles. The molecule has 8 rings (SSSR count). The smallest absolute Gasteiger partial charge is 0.0159 e. The van der Waals surface area contributed by atoms with Crippen LogP contribution in [0.2, 0.25) is 0 Å². The van der Waals surface area contributed by atoms with Gasteiger partial charge in [-0.2, -0.15) is 0 Å². The molecule has 0 heterocycles. The Hall–Kier alpha value is -4.42. The minimum Gasteiger partial charge on any atom is -0.0616 e. The average Bonchev–Trinajstić information content (AvgIpc) is 3.18. The van der Waals surface area contributed by atoms with E-state index in [4.69, 9.17) is 0 Å². The van der Waals surface area contributed by atoms with Gasteiger partial charge in [-0.3, -0.25) is 0 Å². The number of hydrogen-bond acceptors (Lipinski definition) is 0. The van der Waals surface area contributed by atoms with E-state index in [-0.39, 0.29) is 5.41 Å². The van der Waals surface area contributed by atoms with Gasteiger partial charge in [-0.25, -0.2) is 0 Å². The van der Waals surface area contributed by atoms with Crippen molar-refractivity contribution < 1.29 is 0 Å². The molecule has 174 valence electrons. The second-order valence-corrected chi connectivity index (χ2v) is 11.0. The van der Waals surface area contributed by atoms with Gasteiger partial charge in [0.1, 0.15) is 0 Å². The van der Waals surface area contributed by atoms with Crippen LogP contribution in [0.15, 0.2) is 121 Å². The SMILES string of the molecule is CC1(C)c2cc(-c3cccc4ccccc34)cc3ccc4cc(-c5cccc6ccccc56)cc1c4c23. The highest BCUT2D eigenvalue weighted by atomic mass is 14.4. The van der Waals surface area contributed by atoms with Gasteiger partial charge in [-0.1, -0.05) is 111 Å². The molecule has 0 saturated heterocycles. The molecular formula is C37H26. The fourth-order valence-corrected chi connectivity index (χ4v) is 6.73. The molecule has 0 aliphatic heterocycles. The van der Waals surface area contributed by atoms with Gasteiger partial charge in [-0.15, -0.1) is 0 Å². The van der Waals surface area contributed by atoms with E-state index in [1.54, 1.807) is 0 Å². The van der Waals surface area contributed by atoms with E-state index >= 15 is 0 Å². The van der Waals surface area contributed by atoms with Crippen molar-refractivity contribution in [2.45, 2.75) is 19.3 Å². The first-order chi connectivity index (χ1) is 18.1. The Morgan fingerprint density at radius 1 is 0.405 bits per heavy atom. The number of hydrogen-bond donors (Lipinski definition) is 0. The van der Waals surface area contributed by atoms with Gasteiger partial charge < -0.3 is 0 Å². The van der Waals surface area contributed by atoms with Crippen LogP contribution in [0.1, 0.15) is 25.0 Å². The summed E-state index contributed by atoms with van der Waals surface area (Å²) in [5.41, 5.74) is 8.00. The predicted octanol–water partition coefficient (Wildman–Crippen LogP) is 10.3. The number of rotatable bonds is 2. The van der Waals surface area contributed by atoms with Gasteiger partial charge in [0.25, 0.3) is 0 Å². The minimum atomic E-state index is -0.0820. The van der Waals surface area contributed by atoms with Crippen molar-refractivity contribution >= 4 is 43.1 Å². The van der Waals surface area contributed by atoms with Crippen LogP contribution in [0, 0.1) is 0 Å². The first-order valence-corrected chi connectivity index (χ1v) is 13.1. The quantitative estimate of drug-likeness (QED) is 0.220. The molecular weight excluding hydrogens is 444 g/mol. The zero-order chi connectivity index (χ0) is 24.7. The lowest BCUT2D eigenvalue weighted by molar-refractivity contribution is 0.663. The second-order valence-electron chi connectivity index (χ2n) is 11.0. The van der Waals surface area contributed by atoms with E-state index in [0.29, 0.717) is 0 Å². The van der Waals surface area contributed by atoms with Crippen LogP contribution in [0.5, 0.6) is 0 Å². The monoisotopic (exact) mass is 470 g/mol. The van der Waals surface area contributed by atoms with Gasteiger partial charge in [-0.05, 0) is 101 Å². The third-order valence-corrected chi connectivity index (χ3v) is 8.58. The molecule has 0 atom stereocenters. The van der Waals surface area contributed by atoms with Crippen molar-refractivity contribution in [1.82, 2.24) is 0 Å². The number of fused-ring (bicyclic) bond motifs is 2. The minimum absolute atomic E-state index is 0.0820. The van der Waals surface area contributed by atoms with Crippen LogP contribution in [0.25, 0.3) is 65.3 Å². The van der Waals surface area contributed by atoms with Gasteiger partial charge >= 0.3 is 0 Å². The van der Waals surface area contributed by atoms with Crippen LogP contribution in [0.3, 0.4) is 0 Å². The standard InChI is InChI=1S/C37H26/c1-37(2)33-21-27(31-15-7-11-23-9-3-5-13-29(23)31)19-25-17-18-26-20-28(22-34(37)36(26)35(25)33)32-16-8-12-24-10-4-6-14-30(24)32/h3-22H,1-2H3. The Balaban J connectivity index is 1.40. The lowest BCUT2D eigenvalue weighted by Gasteiger charge is -2.23. The van der Waals surface area contributed by atoms with Crippen LogP contribution in [0.4, 0.5) is 0 Å². The molecule has 0 fully saturated rings. The summed E-state index contributed by atoms with van der Waals surface area (Å²) in [5, 5.41) is 10.7. The number of benzene rings is 7. The van der Waals surface area contributed by atoms with E-state index in [9.17, 15) is 0 Å². The molecule has 1 aliphatic rings. The van der Waals surface area contributed by atoms with Gasteiger partial charge in [0.2, 0.25) is 0 Å². The van der Waals surface area contributed by atoms with Crippen molar-refractivity contribution in [3.8, 4) is 22.3 Å². The van der Waals surface area contributed by atoms with Crippen molar-refractivity contribution in [3.63, 3.8) is 0 Å². The zero-order valence-corrected chi connectivity index (χ0v) is 21.0. The lowest BCUT2D eigenvalue weighted by atomic mass is 9.79. The van der Waals surface area contributed by atoms with E-state index in [1.807, 2.05) is 0 Å². The summed E-state index contributed by atoms with van der Waals surface area (Å²) in [5.74, 6) is 0. The van der Waals surface area contributed by atoms with E-state index in [1.165, 1.54) is 76.5 Å². The average molecular weight is 471 g/mol. The Kier molecular flexibility index (Phi) is 4.10. The predicted molar refractivity (Wildman–Crippen MR) is 159 cm³/mol. The summed E-state index contributed by atoms with van der Waals surface area (Å²) in [6.07, 6.45) is 0. The normalized spacial score (nSPS) is 13.9. The fraction of sp³-hybridized carbons (Fsp3) is 0.0811. The highest BCUT2D eigenvalue weighted by molar-refractivity contribution is 6.17. The third kappa shape index (κ3) is 2.84. The van der Waals surface area contributed by atoms with Crippen LogP contribution in [-0.2, 0) is 5.41 Å². The first kappa shape index (κ1) is 20.7. The van der Waals surface area contributed by atoms with Gasteiger partial charge in [0.05, 0.1) is 0 Å². The maximum atomic E-state index is 2.46. The van der Waals surface area contributed by atoms with Crippen molar-refractivity contribution in [2.75, 3.05) is 0 Å². The maximum Gasteiger partial charge on any atom is 0.0159 e. The Bertz CT molecular complexity index is 1900. The van der Waals surface area contributed by atoms with Crippen LogP contribution < -0.4 is 0 Å². The Morgan fingerprint density at radius 3 is 1.32 bits per heavy atom. The zero-order valence-electron chi connectivity index (χ0n) is 21.0. The summed E-state index contributed by atoms with van der Waals surface area (Å²) in [7, 11) is 0. The maximum absolute atomic E-state index is 2.46.